The van der Waals surface area contributed by atoms with Crippen molar-refractivity contribution in [1.82, 2.24) is 20.8 Å². The van der Waals surface area contributed by atoms with Gasteiger partial charge in [-0.2, -0.15) is 0 Å². The van der Waals surface area contributed by atoms with Crippen molar-refractivity contribution in [3.05, 3.63) is 53.0 Å². The predicted molar refractivity (Wildman–Crippen MR) is 126 cm³/mol. The minimum absolute atomic E-state index is 0. The Morgan fingerprint density at radius 2 is 2.04 bits per heavy atom. The number of aryl methyl sites for hydroxylation is 1. The van der Waals surface area contributed by atoms with Gasteiger partial charge in [-0.25, -0.2) is 4.99 Å². The molecule has 0 aliphatic rings. The average Bonchev–Trinajstić information content (AvgIpc) is 3.24. The quantitative estimate of drug-likeness (QED) is 0.256. The molecule has 0 fully saturated rings. The van der Waals surface area contributed by atoms with Crippen molar-refractivity contribution in [2.45, 2.75) is 46.6 Å². The zero-order valence-corrected chi connectivity index (χ0v) is 19.3. The topological polar surface area (TPSA) is 78.2 Å². The molecule has 28 heavy (non-hydrogen) atoms. The van der Waals surface area contributed by atoms with Crippen molar-refractivity contribution in [3.8, 4) is 0 Å². The van der Waals surface area contributed by atoms with Gasteiger partial charge in [0.25, 0.3) is 0 Å². The lowest BCUT2D eigenvalue weighted by atomic mass is 10.1. The molecule has 0 saturated carbocycles. The van der Waals surface area contributed by atoms with E-state index in [2.05, 4.69) is 77.7 Å². The summed E-state index contributed by atoms with van der Waals surface area (Å²) in [6.45, 7) is 10.5. The maximum Gasteiger partial charge on any atom is 0.191 e. The molecule has 2 aromatic heterocycles. The summed E-state index contributed by atoms with van der Waals surface area (Å²) in [4.78, 5) is 8.07. The third-order valence-corrected chi connectivity index (χ3v) is 4.60. The normalized spacial score (nSPS) is 11.7. The molecular weight excluding hydrogens is 465 g/mol. The van der Waals surface area contributed by atoms with Crippen LogP contribution in [0.5, 0.6) is 0 Å². The minimum Gasteiger partial charge on any atom is -0.359 e. The predicted octanol–water partition coefficient (Wildman–Crippen LogP) is 4.50. The number of halogens is 1. The number of H-pyrrole nitrogens is 1. The summed E-state index contributed by atoms with van der Waals surface area (Å²) in [5, 5.41) is 12.1. The smallest absolute Gasteiger partial charge is 0.191 e. The van der Waals surface area contributed by atoms with Gasteiger partial charge in [-0.3, -0.25) is 0 Å². The number of benzene rings is 1. The van der Waals surface area contributed by atoms with Gasteiger partial charge in [0.1, 0.15) is 6.54 Å². The highest BCUT2D eigenvalue weighted by molar-refractivity contribution is 14.0. The number of guanidine groups is 1. The first-order valence-corrected chi connectivity index (χ1v) is 9.62. The number of nitrogens with zero attached hydrogens (tertiary/aromatic N) is 2. The second kappa shape index (κ2) is 10.5. The van der Waals surface area contributed by atoms with Crippen LogP contribution < -0.4 is 10.6 Å². The summed E-state index contributed by atoms with van der Waals surface area (Å²) in [6, 6.07) is 10.4. The van der Waals surface area contributed by atoms with E-state index in [4.69, 9.17) is 4.52 Å². The number of para-hydroxylation sites is 1. The highest BCUT2D eigenvalue weighted by atomic mass is 127. The van der Waals surface area contributed by atoms with E-state index < -0.39 is 0 Å². The number of rotatable bonds is 7. The van der Waals surface area contributed by atoms with Gasteiger partial charge < -0.3 is 20.1 Å². The standard InChI is InChI=1S/C21H29N5O.HI/c1-5-22-21(24-13-16-12-20(14(2)3)26-27-16)23-11-10-17-15(4)25-19-9-7-6-8-18(17)19;/h6-9,12,14,25H,5,10-11,13H2,1-4H3,(H2,22,23,24);1H. The maximum absolute atomic E-state index is 5.37. The first-order chi connectivity index (χ1) is 13.1. The van der Waals surface area contributed by atoms with Crippen LogP contribution in [-0.4, -0.2) is 29.2 Å². The molecule has 0 aliphatic heterocycles. The van der Waals surface area contributed by atoms with E-state index in [-0.39, 0.29) is 24.0 Å². The number of aromatic nitrogens is 2. The van der Waals surface area contributed by atoms with Crippen LogP contribution in [0.25, 0.3) is 10.9 Å². The van der Waals surface area contributed by atoms with E-state index in [0.29, 0.717) is 12.5 Å². The van der Waals surface area contributed by atoms with Crippen molar-refractivity contribution < 1.29 is 4.52 Å². The summed E-state index contributed by atoms with van der Waals surface area (Å²) >= 11 is 0. The molecule has 0 amide bonds. The van der Waals surface area contributed by atoms with Gasteiger partial charge in [0.2, 0.25) is 0 Å². The second-order valence-electron chi connectivity index (χ2n) is 7.02. The number of hydrogen-bond acceptors (Lipinski definition) is 3. The van der Waals surface area contributed by atoms with Crippen molar-refractivity contribution >= 4 is 40.8 Å². The summed E-state index contributed by atoms with van der Waals surface area (Å²) in [7, 11) is 0. The molecule has 152 valence electrons. The Kier molecular flexibility index (Phi) is 8.35. The molecule has 0 atom stereocenters. The molecular formula is C21H30IN5O. The van der Waals surface area contributed by atoms with Crippen LogP contribution in [-0.2, 0) is 13.0 Å². The highest BCUT2D eigenvalue weighted by Crippen LogP contribution is 2.21. The van der Waals surface area contributed by atoms with Crippen molar-refractivity contribution in [2.24, 2.45) is 4.99 Å². The van der Waals surface area contributed by atoms with Gasteiger partial charge >= 0.3 is 0 Å². The molecule has 2 heterocycles. The van der Waals surface area contributed by atoms with E-state index in [1.165, 1.54) is 22.2 Å². The van der Waals surface area contributed by atoms with Crippen LogP contribution in [0.2, 0.25) is 0 Å². The van der Waals surface area contributed by atoms with Gasteiger partial charge in [0, 0.05) is 35.8 Å². The minimum atomic E-state index is 0. The third-order valence-electron chi connectivity index (χ3n) is 4.60. The van der Waals surface area contributed by atoms with E-state index in [0.717, 1.165) is 36.9 Å². The van der Waals surface area contributed by atoms with E-state index in [1.807, 2.05) is 6.07 Å². The Morgan fingerprint density at radius 1 is 1.25 bits per heavy atom. The zero-order valence-electron chi connectivity index (χ0n) is 17.0. The molecule has 1 aromatic carbocycles. The number of nitrogens with one attached hydrogen (secondary N) is 3. The fourth-order valence-corrected chi connectivity index (χ4v) is 3.14. The number of aromatic amines is 1. The number of fused-ring (bicyclic) bond motifs is 1. The van der Waals surface area contributed by atoms with Crippen molar-refractivity contribution in [2.75, 3.05) is 13.1 Å². The molecule has 0 bridgehead atoms. The summed E-state index contributed by atoms with van der Waals surface area (Å²) < 4.78 is 5.37. The van der Waals surface area contributed by atoms with Crippen molar-refractivity contribution in [3.63, 3.8) is 0 Å². The Bertz CT molecular complexity index is 913. The van der Waals surface area contributed by atoms with Gasteiger partial charge in [0.15, 0.2) is 11.7 Å². The lowest BCUT2D eigenvalue weighted by molar-refractivity contribution is 0.376. The summed E-state index contributed by atoms with van der Waals surface area (Å²) in [5.41, 5.74) is 4.73. The second-order valence-corrected chi connectivity index (χ2v) is 7.02. The molecule has 0 saturated heterocycles. The van der Waals surface area contributed by atoms with Gasteiger partial charge in [-0.1, -0.05) is 37.2 Å². The molecule has 0 aliphatic carbocycles. The molecule has 6 nitrogen and oxygen atoms in total. The average molecular weight is 495 g/mol. The van der Waals surface area contributed by atoms with E-state index in [1.54, 1.807) is 0 Å². The van der Waals surface area contributed by atoms with Gasteiger partial charge in [-0.15, -0.1) is 24.0 Å². The molecule has 3 rings (SSSR count). The van der Waals surface area contributed by atoms with Gasteiger partial charge in [0.05, 0.1) is 5.69 Å². The van der Waals surface area contributed by atoms with E-state index >= 15 is 0 Å². The fourth-order valence-electron chi connectivity index (χ4n) is 3.14. The molecule has 0 unspecified atom stereocenters. The molecule has 7 heteroatoms. The Balaban J connectivity index is 0.00000280. The molecule has 3 N–H and O–H groups in total. The zero-order chi connectivity index (χ0) is 19.2. The van der Waals surface area contributed by atoms with Crippen LogP contribution in [0.4, 0.5) is 0 Å². The van der Waals surface area contributed by atoms with Crippen LogP contribution in [0.15, 0.2) is 39.8 Å². The lowest BCUT2D eigenvalue weighted by Gasteiger charge is -2.11. The molecule has 3 aromatic rings. The Hall–Kier alpha value is -2.03. The third kappa shape index (κ3) is 5.50. The fraction of sp³-hybridized carbons (Fsp3) is 0.429. The maximum atomic E-state index is 5.37. The Labute approximate surface area is 183 Å². The first-order valence-electron chi connectivity index (χ1n) is 9.62. The van der Waals surface area contributed by atoms with Crippen LogP contribution in [0.1, 0.15) is 49.4 Å². The van der Waals surface area contributed by atoms with Gasteiger partial charge in [-0.05, 0) is 37.8 Å². The lowest BCUT2D eigenvalue weighted by Crippen LogP contribution is -2.38. The highest BCUT2D eigenvalue weighted by Gasteiger charge is 2.09. The number of hydrogen-bond donors (Lipinski definition) is 3. The molecule has 0 spiro atoms. The summed E-state index contributed by atoms with van der Waals surface area (Å²) in [5.74, 6) is 1.93. The van der Waals surface area contributed by atoms with Crippen molar-refractivity contribution in [1.29, 1.82) is 0 Å². The Morgan fingerprint density at radius 3 is 2.75 bits per heavy atom. The monoisotopic (exact) mass is 495 g/mol. The largest absolute Gasteiger partial charge is 0.359 e. The van der Waals surface area contributed by atoms with Crippen LogP contribution in [0.3, 0.4) is 0 Å². The molecule has 0 radical (unpaired) electrons. The SMILES string of the molecule is CCNC(=NCc1cc(C(C)C)no1)NCCc1c(C)[nH]c2ccccc12.I. The van der Waals surface area contributed by atoms with Crippen LogP contribution >= 0.6 is 24.0 Å². The van der Waals surface area contributed by atoms with Crippen LogP contribution in [0, 0.1) is 6.92 Å². The number of aliphatic imine (C=N–C) groups is 1. The summed E-state index contributed by atoms with van der Waals surface area (Å²) in [6.07, 6.45) is 0.931. The first kappa shape index (κ1) is 22.3. The van der Waals surface area contributed by atoms with E-state index in [9.17, 15) is 0 Å².